The molecule has 0 aliphatic rings. The molecule has 0 saturated carbocycles. The van der Waals surface area contributed by atoms with E-state index in [9.17, 15) is 4.79 Å². The SMILES string of the molecule is O=C(CSc1nc(-c2ccccc2)cs1)N/N=C/c1ccc(Br)cc1. The zero-order valence-corrected chi connectivity index (χ0v) is 16.3. The Morgan fingerprint density at radius 1 is 1.20 bits per heavy atom. The first kappa shape index (κ1) is 17.8. The number of carbonyl (C=O) groups is 1. The Balaban J connectivity index is 1.48. The van der Waals surface area contributed by atoms with Gasteiger partial charge in [0, 0.05) is 15.4 Å². The summed E-state index contributed by atoms with van der Waals surface area (Å²) in [6.07, 6.45) is 1.62. The van der Waals surface area contributed by atoms with Crippen molar-refractivity contribution in [2.75, 3.05) is 5.75 Å². The number of amides is 1. The van der Waals surface area contributed by atoms with E-state index in [0.29, 0.717) is 0 Å². The van der Waals surface area contributed by atoms with E-state index in [1.54, 1.807) is 6.21 Å². The van der Waals surface area contributed by atoms with Gasteiger partial charge in [-0.3, -0.25) is 4.79 Å². The standard InChI is InChI=1S/C18H14BrN3OS2/c19-15-8-6-13(7-9-15)10-20-22-17(23)12-25-18-21-16(11-24-18)14-4-2-1-3-5-14/h1-11H,12H2,(H,22,23)/b20-10+. The fourth-order valence-electron chi connectivity index (χ4n) is 1.95. The average Bonchev–Trinajstić information content (AvgIpc) is 3.11. The molecule has 1 aromatic heterocycles. The zero-order chi connectivity index (χ0) is 17.5. The van der Waals surface area contributed by atoms with Gasteiger partial charge in [0.05, 0.1) is 17.7 Å². The van der Waals surface area contributed by atoms with Gasteiger partial charge in [-0.2, -0.15) is 5.10 Å². The van der Waals surface area contributed by atoms with Crippen LogP contribution < -0.4 is 5.43 Å². The summed E-state index contributed by atoms with van der Waals surface area (Å²) in [5.41, 5.74) is 5.46. The van der Waals surface area contributed by atoms with Crippen LogP contribution in [0.3, 0.4) is 0 Å². The molecular formula is C18H14BrN3OS2. The lowest BCUT2D eigenvalue weighted by molar-refractivity contribution is -0.118. The van der Waals surface area contributed by atoms with Gasteiger partial charge >= 0.3 is 0 Å². The van der Waals surface area contributed by atoms with Gasteiger partial charge in [0.25, 0.3) is 5.91 Å². The number of hydrogen-bond acceptors (Lipinski definition) is 5. The first-order valence-corrected chi connectivity index (χ1v) is 10.1. The number of hydrogen-bond donors (Lipinski definition) is 1. The lowest BCUT2D eigenvalue weighted by atomic mass is 10.2. The summed E-state index contributed by atoms with van der Waals surface area (Å²) in [4.78, 5) is 16.4. The van der Waals surface area contributed by atoms with E-state index in [0.717, 1.165) is 25.6 Å². The van der Waals surface area contributed by atoms with Crippen LogP contribution in [0.5, 0.6) is 0 Å². The van der Waals surface area contributed by atoms with Crippen molar-refractivity contribution in [3.05, 3.63) is 70.0 Å². The quantitative estimate of drug-likeness (QED) is 0.345. The number of aromatic nitrogens is 1. The van der Waals surface area contributed by atoms with Gasteiger partial charge in [-0.05, 0) is 17.7 Å². The Kier molecular flexibility index (Phi) is 6.38. The molecule has 0 saturated heterocycles. The van der Waals surface area contributed by atoms with E-state index >= 15 is 0 Å². The van der Waals surface area contributed by atoms with E-state index < -0.39 is 0 Å². The number of rotatable bonds is 6. The number of hydrazone groups is 1. The molecule has 0 spiro atoms. The first-order chi connectivity index (χ1) is 12.2. The molecule has 3 rings (SSSR count). The minimum atomic E-state index is -0.158. The van der Waals surface area contributed by atoms with Crippen LogP contribution in [-0.2, 0) is 4.79 Å². The first-order valence-electron chi connectivity index (χ1n) is 7.42. The van der Waals surface area contributed by atoms with Crippen LogP contribution in [0.4, 0.5) is 0 Å². The maximum atomic E-state index is 11.9. The number of benzene rings is 2. The van der Waals surface area contributed by atoms with Crippen molar-refractivity contribution in [1.82, 2.24) is 10.4 Å². The molecule has 7 heteroatoms. The maximum absolute atomic E-state index is 11.9. The number of carbonyl (C=O) groups excluding carboxylic acids is 1. The summed E-state index contributed by atoms with van der Waals surface area (Å²) in [6, 6.07) is 17.7. The molecule has 1 amide bonds. The zero-order valence-electron chi connectivity index (χ0n) is 13.1. The van der Waals surface area contributed by atoms with Crippen LogP contribution in [-0.4, -0.2) is 22.9 Å². The third-order valence-corrected chi connectivity index (χ3v) is 5.70. The summed E-state index contributed by atoms with van der Waals surface area (Å²) in [5.74, 6) is 0.120. The molecule has 0 unspecified atom stereocenters. The second kappa shape index (κ2) is 8.94. The Hall–Kier alpha value is -1.96. The van der Waals surface area contributed by atoms with Gasteiger partial charge in [0.2, 0.25) is 0 Å². The molecule has 25 heavy (non-hydrogen) atoms. The Morgan fingerprint density at radius 3 is 2.72 bits per heavy atom. The van der Waals surface area contributed by atoms with Gasteiger partial charge < -0.3 is 0 Å². The number of nitrogens with zero attached hydrogens (tertiary/aromatic N) is 2. The van der Waals surface area contributed by atoms with Gasteiger partial charge in [0.15, 0.2) is 4.34 Å². The van der Waals surface area contributed by atoms with Crippen LogP contribution >= 0.6 is 39.0 Å². The number of nitrogens with one attached hydrogen (secondary N) is 1. The monoisotopic (exact) mass is 431 g/mol. The summed E-state index contributed by atoms with van der Waals surface area (Å²) in [7, 11) is 0. The van der Waals surface area contributed by atoms with Crippen LogP contribution in [0.15, 0.2) is 73.9 Å². The molecule has 0 radical (unpaired) electrons. The molecule has 4 nitrogen and oxygen atoms in total. The summed E-state index contributed by atoms with van der Waals surface area (Å²) < 4.78 is 1.87. The van der Waals surface area contributed by atoms with Crippen LogP contribution in [0, 0.1) is 0 Å². The Bertz CT molecular complexity index is 864. The van der Waals surface area contributed by atoms with Crippen molar-refractivity contribution >= 4 is 51.2 Å². The van der Waals surface area contributed by atoms with E-state index in [1.165, 1.54) is 23.1 Å². The van der Waals surface area contributed by atoms with E-state index in [-0.39, 0.29) is 11.7 Å². The molecule has 0 atom stereocenters. The third-order valence-electron chi connectivity index (χ3n) is 3.15. The number of thioether (sulfide) groups is 1. The third kappa shape index (κ3) is 5.52. The predicted octanol–water partition coefficient (Wildman–Crippen LogP) is 4.82. The molecule has 0 aliphatic heterocycles. The molecule has 126 valence electrons. The van der Waals surface area contributed by atoms with Crippen molar-refractivity contribution in [3.63, 3.8) is 0 Å². The minimum Gasteiger partial charge on any atom is -0.272 e. The second-order valence-electron chi connectivity index (χ2n) is 5.00. The number of thiazole rings is 1. The van der Waals surface area contributed by atoms with Crippen molar-refractivity contribution in [1.29, 1.82) is 0 Å². The van der Waals surface area contributed by atoms with Crippen molar-refractivity contribution in [2.24, 2.45) is 5.10 Å². The van der Waals surface area contributed by atoms with Crippen LogP contribution in [0.25, 0.3) is 11.3 Å². The second-order valence-corrected chi connectivity index (χ2v) is 7.99. The fourth-order valence-corrected chi connectivity index (χ4v) is 3.84. The molecule has 0 fully saturated rings. The Morgan fingerprint density at radius 2 is 1.96 bits per heavy atom. The van der Waals surface area contributed by atoms with Gasteiger partial charge in [0.1, 0.15) is 0 Å². The molecule has 0 bridgehead atoms. The highest BCUT2D eigenvalue weighted by Crippen LogP contribution is 2.27. The summed E-state index contributed by atoms with van der Waals surface area (Å²) in [5, 5.41) is 5.97. The highest BCUT2D eigenvalue weighted by molar-refractivity contribution is 9.10. The molecule has 1 heterocycles. The minimum absolute atomic E-state index is 0.158. The van der Waals surface area contributed by atoms with E-state index in [4.69, 9.17) is 0 Å². The van der Waals surface area contributed by atoms with Crippen molar-refractivity contribution < 1.29 is 4.79 Å². The largest absolute Gasteiger partial charge is 0.272 e. The smallest absolute Gasteiger partial charge is 0.250 e. The average molecular weight is 432 g/mol. The molecule has 3 aromatic rings. The summed E-state index contributed by atoms with van der Waals surface area (Å²) >= 11 is 6.32. The molecule has 2 aromatic carbocycles. The fraction of sp³-hybridized carbons (Fsp3) is 0.0556. The van der Waals surface area contributed by atoms with Crippen molar-refractivity contribution in [2.45, 2.75) is 4.34 Å². The maximum Gasteiger partial charge on any atom is 0.250 e. The van der Waals surface area contributed by atoms with Crippen LogP contribution in [0.1, 0.15) is 5.56 Å². The van der Waals surface area contributed by atoms with E-state index in [1.807, 2.05) is 60.0 Å². The van der Waals surface area contributed by atoms with Crippen molar-refractivity contribution in [3.8, 4) is 11.3 Å². The molecular weight excluding hydrogens is 418 g/mol. The Labute approximate surface area is 162 Å². The van der Waals surface area contributed by atoms with E-state index in [2.05, 4.69) is 31.4 Å². The summed E-state index contributed by atoms with van der Waals surface area (Å²) in [6.45, 7) is 0. The van der Waals surface area contributed by atoms with Crippen LogP contribution in [0.2, 0.25) is 0 Å². The molecule has 1 N–H and O–H groups in total. The highest BCUT2D eigenvalue weighted by atomic mass is 79.9. The highest BCUT2D eigenvalue weighted by Gasteiger charge is 2.07. The van der Waals surface area contributed by atoms with Gasteiger partial charge in [-0.1, -0.05) is 70.2 Å². The number of halogens is 1. The predicted molar refractivity (Wildman–Crippen MR) is 108 cm³/mol. The topological polar surface area (TPSA) is 54.4 Å². The van der Waals surface area contributed by atoms with Gasteiger partial charge in [-0.25, -0.2) is 10.4 Å². The normalized spacial score (nSPS) is 10.9. The van der Waals surface area contributed by atoms with Gasteiger partial charge in [-0.15, -0.1) is 11.3 Å². The lowest BCUT2D eigenvalue weighted by Gasteiger charge is -1.98. The molecule has 0 aliphatic carbocycles. The lowest BCUT2D eigenvalue weighted by Crippen LogP contribution is -2.19.